The molecule has 0 aliphatic rings. The van der Waals surface area contributed by atoms with Gasteiger partial charge in [0, 0.05) is 22.1 Å². The van der Waals surface area contributed by atoms with Crippen molar-refractivity contribution in [2.45, 2.75) is 13.0 Å². The summed E-state index contributed by atoms with van der Waals surface area (Å²) in [7, 11) is 0. The van der Waals surface area contributed by atoms with E-state index in [0.717, 1.165) is 10.9 Å². The molecule has 0 spiro atoms. The summed E-state index contributed by atoms with van der Waals surface area (Å²) < 4.78 is 25.8. The number of nitrogens with zero attached hydrogens (tertiary/aromatic N) is 1. The maximum absolute atomic E-state index is 12.2. The van der Waals surface area contributed by atoms with Gasteiger partial charge in [-0.2, -0.15) is 0 Å². The molecule has 0 radical (unpaired) electrons. The lowest BCUT2D eigenvalue weighted by Crippen LogP contribution is -2.04. The summed E-state index contributed by atoms with van der Waals surface area (Å²) in [5, 5.41) is 1.51. The normalized spacial score (nSPS) is 11.4. The summed E-state index contributed by atoms with van der Waals surface area (Å²) >= 11 is 5.78. The van der Waals surface area contributed by atoms with Crippen LogP contribution >= 0.6 is 11.6 Å². The summed E-state index contributed by atoms with van der Waals surface area (Å²) in [5.41, 5.74) is 0.787. The first-order valence-electron chi connectivity index (χ1n) is 4.19. The Morgan fingerprint density at radius 3 is 2.79 bits per heavy atom. The molecule has 0 saturated carbocycles. The molecule has 0 saturated heterocycles. The Morgan fingerprint density at radius 2 is 2.07 bits per heavy atom. The molecule has 2 aromatic rings. The zero-order valence-electron chi connectivity index (χ0n) is 7.25. The maximum atomic E-state index is 12.2. The number of halogens is 3. The topological polar surface area (TPSA) is 4.93 Å². The zero-order valence-corrected chi connectivity index (χ0v) is 8.01. The van der Waals surface area contributed by atoms with E-state index in [4.69, 9.17) is 11.6 Å². The van der Waals surface area contributed by atoms with Crippen LogP contribution in [0.4, 0.5) is 8.78 Å². The predicted octanol–water partition coefficient (Wildman–Crippen LogP) is 3.56. The van der Waals surface area contributed by atoms with Crippen LogP contribution in [0.3, 0.4) is 0 Å². The van der Waals surface area contributed by atoms with Crippen LogP contribution in [-0.2, 0) is 6.54 Å². The fourth-order valence-corrected chi connectivity index (χ4v) is 1.66. The minimum absolute atomic E-state index is 0.273. The SMILES string of the molecule is FC(F)Cn1ccc2cc(Cl)ccc21. The van der Waals surface area contributed by atoms with Gasteiger partial charge in [-0.25, -0.2) is 8.78 Å². The molecule has 0 fully saturated rings. The second-order valence-corrected chi connectivity index (χ2v) is 3.50. The molecule has 1 heterocycles. The van der Waals surface area contributed by atoms with Gasteiger partial charge >= 0.3 is 0 Å². The molecule has 0 atom stereocenters. The highest BCUT2D eigenvalue weighted by molar-refractivity contribution is 6.31. The van der Waals surface area contributed by atoms with Crippen molar-refractivity contribution in [1.82, 2.24) is 4.57 Å². The van der Waals surface area contributed by atoms with Crippen molar-refractivity contribution in [2.75, 3.05) is 0 Å². The molecular formula is C10H8ClF2N. The van der Waals surface area contributed by atoms with Crippen molar-refractivity contribution in [1.29, 1.82) is 0 Å². The van der Waals surface area contributed by atoms with Crippen molar-refractivity contribution in [3.05, 3.63) is 35.5 Å². The Kier molecular flexibility index (Phi) is 2.42. The van der Waals surface area contributed by atoms with Crippen LogP contribution in [0.2, 0.25) is 5.02 Å². The molecule has 14 heavy (non-hydrogen) atoms. The zero-order chi connectivity index (χ0) is 10.1. The van der Waals surface area contributed by atoms with E-state index in [1.807, 2.05) is 0 Å². The van der Waals surface area contributed by atoms with Crippen LogP contribution in [0, 0.1) is 0 Å². The van der Waals surface area contributed by atoms with Gasteiger partial charge in [-0.1, -0.05) is 11.6 Å². The third-order valence-electron chi connectivity index (χ3n) is 2.07. The van der Waals surface area contributed by atoms with Crippen molar-refractivity contribution in [2.24, 2.45) is 0 Å². The summed E-state index contributed by atoms with van der Waals surface area (Å²) in [4.78, 5) is 0. The Balaban J connectivity index is 2.47. The molecule has 0 N–H and O–H groups in total. The van der Waals surface area contributed by atoms with E-state index in [2.05, 4.69) is 0 Å². The maximum Gasteiger partial charge on any atom is 0.256 e. The number of alkyl halides is 2. The Bertz CT molecular complexity index is 450. The molecule has 0 unspecified atom stereocenters. The van der Waals surface area contributed by atoms with Gasteiger partial charge in [-0.05, 0) is 24.3 Å². The lowest BCUT2D eigenvalue weighted by molar-refractivity contribution is 0.128. The number of rotatable bonds is 2. The first-order chi connectivity index (χ1) is 6.66. The fraction of sp³-hybridized carbons (Fsp3) is 0.200. The summed E-state index contributed by atoms with van der Waals surface area (Å²) in [6, 6.07) is 6.99. The second kappa shape index (κ2) is 3.58. The standard InChI is InChI=1S/C10H8ClF2N/c11-8-1-2-9-7(5-8)3-4-14(9)6-10(12)13/h1-5,10H,6H2. The van der Waals surface area contributed by atoms with Gasteiger partial charge in [0.05, 0.1) is 6.54 Å². The second-order valence-electron chi connectivity index (χ2n) is 3.06. The molecule has 1 nitrogen and oxygen atoms in total. The van der Waals surface area contributed by atoms with E-state index >= 15 is 0 Å². The number of hydrogen-bond donors (Lipinski definition) is 0. The molecule has 2 rings (SSSR count). The third kappa shape index (κ3) is 1.73. The highest BCUT2D eigenvalue weighted by atomic mass is 35.5. The first-order valence-corrected chi connectivity index (χ1v) is 4.57. The number of hydrogen-bond acceptors (Lipinski definition) is 0. The van der Waals surface area contributed by atoms with E-state index in [1.165, 1.54) is 4.57 Å². The molecular weight excluding hydrogens is 208 g/mol. The first kappa shape index (κ1) is 9.46. The Hall–Kier alpha value is -1.09. The van der Waals surface area contributed by atoms with Crippen molar-refractivity contribution in [3.8, 4) is 0 Å². The van der Waals surface area contributed by atoms with E-state index in [9.17, 15) is 8.78 Å². The summed E-state index contributed by atoms with van der Waals surface area (Å²) in [5.74, 6) is 0. The third-order valence-corrected chi connectivity index (χ3v) is 2.30. The van der Waals surface area contributed by atoms with Gasteiger partial charge in [0.2, 0.25) is 0 Å². The number of aromatic nitrogens is 1. The highest BCUT2D eigenvalue weighted by Crippen LogP contribution is 2.21. The van der Waals surface area contributed by atoms with E-state index in [1.54, 1.807) is 30.5 Å². The Labute approximate surface area is 84.9 Å². The van der Waals surface area contributed by atoms with Crippen LogP contribution in [0.1, 0.15) is 0 Å². The van der Waals surface area contributed by atoms with Crippen LogP contribution in [-0.4, -0.2) is 11.0 Å². The van der Waals surface area contributed by atoms with Gasteiger partial charge in [-0.15, -0.1) is 0 Å². The average Bonchev–Trinajstić information content (AvgIpc) is 2.47. The Morgan fingerprint density at radius 1 is 1.29 bits per heavy atom. The summed E-state index contributed by atoms with van der Waals surface area (Å²) in [6.45, 7) is -0.273. The predicted molar refractivity (Wildman–Crippen MR) is 53.0 cm³/mol. The average molecular weight is 216 g/mol. The van der Waals surface area contributed by atoms with Crippen LogP contribution in [0.5, 0.6) is 0 Å². The monoisotopic (exact) mass is 215 g/mol. The van der Waals surface area contributed by atoms with Gasteiger partial charge in [0.15, 0.2) is 0 Å². The minimum Gasteiger partial charge on any atom is -0.342 e. The molecule has 74 valence electrons. The lowest BCUT2D eigenvalue weighted by Gasteiger charge is -2.03. The highest BCUT2D eigenvalue weighted by Gasteiger charge is 2.06. The van der Waals surface area contributed by atoms with Crippen molar-refractivity contribution in [3.63, 3.8) is 0 Å². The van der Waals surface area contributed by atoms with E-state index < -0.39 is 6.43 Å². The van der Waals surface area contributed by atoms with Crippen LogP contribution in [0.15, 0.2) is 30.5 Å². The van der Waals surface area contributed by atoms with Crippen molar-refractivity contribution >= 4 is 22.5 Å². The van der Waals surface area contributed by atoms with Gasteiger partial charge in [0.25, 0.3) is 6.43 Å². The molecule has 1 aromatic carbocycles. The lowest BCUT2D eigenvalue weighted by atomic mass is 10.2. The van der Waals surface area contributed by atoms with Crippen molar-refractivity contribution < 1.29 is 8.78 Å². The largest absolute Gasteiger partial charge is 0.342 e. The van der Waals surface area contributed by atoms with Crippen LogP contribution < -0.4 is 0 Å². The van der Waals surface area contributed by atoms with Gasteiger partial charge in [0.1, 0.15) is 0 Å². The molecule has 0 bridgehead atoms. The van der Waals surface area contributed by atoms with Crippen LogP contribution in [0.25, 0.3) is 10.9 Å². The van der Waals surface area contributed by atoms with Gasteiger partial charge in [-0.3, -0.25) is 0 Å². The number of benzene rings is 1. The molecule has 4 heteroatoms. The number of fused-ring (bicyclic) bond motifs is 1. The smallest absolute Gasteiger partial charge is 0.256 e. The van der Waals surface area contributed by atoms with Gasteiger partial charge < -0.3 is 4.57 Å². The molecule has 0 amide bonds. The molecule has 0 aliphatic heterocycles. The quantitative estimate of drug-likeness (QED) is 0.722. The van der Waals surface area contributed by atoms with E-state index in [-0.39, 0.29) is 6.54 Å². The minimum atomic E-state index is -2.33. The van der Waals surface area contributed by atoms with E-state index in [0.29, 0.717) is 5.02 Å². The summed E-state index contributed by atoms with van der Waals surface area (Å²) in [6.07, 6.45) is -0.686. The fourth-order valence-electron chi connectivity index (χ4n) is 1.48. The molecule has 0 aliphatic carbocycles. The molecule has 1 aromatic heterocycles.